The standard InChI is InChI=1S/C21H20O10/c1-8-15(25)17(27)18(28)21(29-8)31-20-16(26)14-12(24)6-11(23)7-13(14)30-19(20)9-2-4-10(22)5-3-9/h2-8,15,17-18,21-25,27-28H,1H3/p-1/t8-,15-,17+,18+,21-/m0/s1. The molecule has 3 aromatic rings. The van der Waals surface area contributed by atoms with Crippen LogP contribution in [-0.2, 0) is 4.74 Å². The van der Waals surface area contributed by atoms with Crippen molar-refractivity contribution in [1.82, 2.24) is 0 Å². The van der Waals surface area contributed by atoms with Gasteiger partial charge in [-0.1, -0.05) is 5.75 Å². The highest BCUT2D eigenvalue weighted by molar-refractivity contribution is 5.88. The first-order valence-electron chi connectivity index (χ1n) is 9.34. The van der Waals surface area contributed by atoms with Gasteiger partial charge in [-0.15, -0.1) is 0 Å². The molecule has 1 aromatic heterocycles. The van der Waals surface area contributed by atoms with Crippen molar-refractivity contribution < 1.29 is 44.5 Å². The first-order chi connectivity index (χ1) is 14.7. The normalized spacial score (nSPS) is 26.1. The van der Waals surface area contributed by atoms with Crippen molar-refractivity contribution in [3.05, 3.63) is 46.6 Å². The van der Waals surface area contributed by atoms with E-state index in [0.717, 1.165) is 12.1 Å². The van der Waals surface area contributed by atoms with Crippen LogP contribution in [0, 0.1) is 0 Å². The molecule has 2 aromatic carbocycles. The van der Waals surface area contributed by atoms with Crippen LogP contribution < -0.4 is 15.3 Å². The lowest BCUT2D eigenvalue weighted by molar-refractivity contribution is -0.268. The van der Waals surface area contributed by atoms with E-state index in [9.17, 15) is 35.4 Å². The second-order valence-electron chi connectivity index (χ2n) is 7.25. The first-order valence-corrected chi connectivity index (χ1v) is 9.34. The number of benzene rings is 2. The van der Waals surface area contributed by atoms with Crippen LogP contribution in [0.5, 0.6) is 23.0 Å². The average Bonchev–Trinajstić information content (AvgIpc) is 2.72. The monoisotopic (exact) mass is 431 g/mol. The van der Waals surface area contributed by atoms with E-state index in [1.54, 1.807) is 0 Å². The fourth-order valence-electron chi connectivity index (χ4n) is 3.39. The molecule has 1 aliphatic heterocycles. The van der Waals surface area contributed by atoms with Gasteiger partial charge in [-0.2, -0.15) is 0 Å². The summed E-state index contributed by atoms with van der Waals surface area (Å²) in [5.74, 6) is -1.90. The summed E-state index contributed by atoms with van der Waals surface area (Å²) >= 11 is 0. The lowest BCUT2D eigenvalue weighted by atomic mass is 10.00. The fourth-order valence-corrected chi connectivity index (χ4v) is 3.39. The summed E-state index contributed by atoms with van der Waals surface area (Å²) in [6, 6.07) is 7.45. The summed E-state index contributed by atoms with van der Waals surface area (Å²) in [6.07, 6.45) is -7.18. The quantitative estimate of drug-likeness (QED) is 0.384. The number of hydrogen-bond acceptors (Lipinski definition) is 10. The average molecular weight is 431 g/mol. The summed E-state index contributed by atoms with van der Waals surface area (Å²) in [5.41, 5.74) is -0.806. The molecule has 5 atom stereocenters. The zero-order chi connectivity index (χ0) is 22.4. The second kappa shape index (κ2) is 7.75. The Morgan fingerprint density at radius 3 is 2.32 bits per heavy atom. The molecule has 0 radical (unpaired) electrons. The van der Waals surface area contributed by atoms with Gasteiger partial charge in [-0.05, 0) is 37.3 Å². The van der Waals surface area contributed by atoms with E-state index in [-0.39, 0.29) is 22.7 Å². The van der Waals surface area contributed by atoms with Crippen LogP contribution in [-0.4, -0.2) is 56.2 Å². The largest absolute Gasteiger partial charge is 0.872 e. The molecule has 0 unspecified atom stereocenters. The number of fused-ring (bicyclic) bond motifs is 1. The van der Waals surface area contributed by atoms with Gasteiger partial charge in [-0.25, -0.2) is 0 Å². The van der Waals surface area contributed by atoms with Crippen LogP contribution in [0.25, 0.3) is 22.3 Å². The maximum Gasteiger partial charge on any atom is 0.234 e. The fraction of sp³-hybridized carbons (Fsp3) is 0.286. The number of aliphatic hydroxyl groups is 3. The third kappa shape index (κ3) is 3.66. The summed E-state index contributed by atoms with van der Waals surface area (Å²) in [7, 11) is 0. The maximum atomic E-state index is 13.2. The van der Waals surface area contributed by atoms with Gasteiger partial charge in [0.05, 0.1) is 11.5 Å². The summed E-state index contributed by atoms with van der Waals surface area (Å²) in [4.78, 5) is 13.2. The molecule has 2 heterocycles. The van der Waals surface area contributed by atoms with Crippen molar-refractivity contribution in [3.8, 4) is 34.3 Å². The van der Waals surface area contributed by atoms with E-state index >= 15 is 0 Å². The van der Waals surface area contributed by atoms with Crippen molar-refractivity contribution in [2.45, 2.75) is 37.6 Å². The zero-order valence-corrected chi connectivity index (χ0v) is 16.1. The predicted molar refractivity (Wildman–Crippen MR) is 104 cm³/mol. The van der Waals surface area contributed by atoms with Crippen molar-refractivity contribution in [3.63, 3.8) is 0 Å². The molecular weight excluding hydrogens is 412 g/mol. The van der Waals surface area contributed by atoms with Crippen LogP contribution in [0.2, 0.25) is 0 Å². The number of phenols is 2. The molecule has 5 N–H and O–H groups in total. The Balaban J connectivity index is 1.90. The van der Waals surface area contributed by atoms with Gasteiger partial charge in [0.25, 0.3) is 0 Å². The number of rotatable bonds is 3. The molecule has 0 saturated carbocycles. The number of ether oxygens (including phenoxy) is 2. The molecule has 4 rings (SSSR count). The summed E-state index contributed by atoms with van der Waals surface area (Å²) in [6.45, 7) is 1.44. The third-order valence-corrected chi connectivity index (χ3v) is 5.07. The van der Waals surface area contributed by atoms with Crippen LogP contribution in [0.1, 0.15) is 6.92 Å². The van der Waals surface area contributed by atoms with E-state index in [0.29, 0.717) is 0 Å². The third-order valence-electron chi connectivity index (χ3n) is 5.07. The highest BCUT2D eigenvalue weighted by Crippen LogP contribution is 2.36. The lowest BCUT2D eigenvalue weighted by Gasteiger charge is -2.38. The number of phenolic OH excluding ortho intramolecular Hbond substituents is 2. The SMILES string of the molecule is C[C@@H]1O[C@@H](Oc2c(-c3ccc(O)cc3)oc3cc(O)cc([O-])c3c2=O)[C@H](O)[C@H](O)[C@H]1O. The Labute approximate surface area is 174 Å². The molecule has 0 amide bonds. The van der Waals surface area contributed by atoms with Crippen LogP contribution in [0.4, 0.5) is 0 Å². The molecule has 1 aliphatic rings. The summed E-state index contributed by atoms with van der Waals surface area (Å²) in [5, 5.41) is 61.3. The Morgan fingerprint density at radius 2 is 1.65 bits per heavy atom. The van der Waals surface area contributed by atoms with Crippen molar-refractivity contribution >= 4 is 11.0 Å². The molecule has 0 aliphatic carbocycles. The number of aromatic hydroxyl groups is 2. The van der Waals surface area contributed by atoms with Gasteiger partial charge >= 0.3 is 0 Å². The summed E-state index contributed by atoms with van der Waals surface area (Å²) < 4.78 is 16.7. The Kier molecular flexibility index (Phi) is 5.23. The van der Waals surface area contributed by atoms with Crippen molar-refractivity contribution in [2.24, 2.45) is 0 Å². The topological polar surface area (TPSA) is 173 Å². The smallest absolute Gasteiger partial charge is 0.234 e. The molecule has 31 heavy (non-hydrogen) atoms. The minimum absolute atomic E-state index is 0.0502. The number of aliphatic hydroxyl groups excluding tert-OH is 3. The predicted octanol–water partition coefficient (Wildman–Crippen LogP) is 0.151. The molecule has 10 nitrogen and oxygen atoms in total. The lowest BCUT2D eigenvalue weighted by Crippen LogP contribution is -2.58. The van der Waals surface area contributed by atoms with Crippen LogP contribution in [0.3, 0.4) is 0 Å². The van der Waals surface area contributed by atoms with E-state index in [4.69, 9.17) is 13.9 Å². The van der Waals surface area contributed by atoms with Crippen LogP contribution >= 0.6 is 0 Å². The van der Waals surface area contributed by atoms with Gasteiger partial charge in [0.15, 0.2) is 5.76 Å². The Hall–Kier alpha value is -3.31. The zero-order valence-electron chi connectivity index (χ0n) is 16.1. The molecule has 0 bridgehead atoms. The van der Waals surface area contributed by atoms with E-state index in [2.05, 4.69) is 0 Å². The van der Waals surface area contributed by atoms with Gasteiger partial charge in [0.1, 0.15) is 35.4 Å². The van der Waals surface area contributed by atoms with Gasteiger partial charge in [0.2, 0.25) is 17.5 Å². The molecule has 0 spiro atoms. The molecule has 10 heteroatoms. The Morgan fingerprint density at radius 1 is 0.968 bits per heavy atom. The van der Waals surface area contributed by atoms with E-state index in [1.807, 2.05) is 0 Å². The van der Waals surface area contributed by atoms with E-state index in [1.165, 1.54) is 31.2 Å². The van der Waals surface area contributed by atoms with Gasteiger partial charge in [-0.3, -0.25) is 4.79 Å². The highest BCUT2D eigenvalue weighted by Gasteiger charge is 2.43. The second-order valence-corrected chi connectivity index (χ2v) is 7.25. The van der Waals surface area contributed by atoms with Crippen LogP contribution in [0.15, 0.2) is 45.6 Å². The van der Waals surface area contributed by atoms with Gasteiger partial charge < -0.3 is 44.5 Å². The molecule has 1 saturated heterocycles. The van der Waals surface area contributed by atoms with Crippen molar-refractivity contribution in [2.75, 3.05) is 0 Å². The van der Waals surface area contributed by atoms with Crippen molar-refractivity contribution in [1.29, 1.82) is 0 Å². The highest BCUT2D eigenvalue weighted by atomic mass is 16.7. The molecule has 1 fully saturated rings. The minimum Gasteiger partial charge on any atom is -0.872 e. The van der Waals surface area contributed by atoms with E-state index < -0.39 is 58.8 Å². The molecule has 164 valence electrons. The van der Waals surface area contributed by atoms with Gasteiger partial charge in [0, 0.05) is 11.6 Å². The minimum atomic E-state index is -1.71. The Bertz CT molecular complexity index is 1170. The maximum absolute atomic E-state index is 13.2. The first kappa shape index (κ1) is 20.9. The molecular formula is C21H19O10-. The number of hydrogen-bond donors (Lipinski definition) is 5.